The zero-order valence-corrected chi connectivity index (χ0v) is 19.8. The molecule has 2 aliphatic carbocycles. The van der Waals surface area contributed by atoms with Crippen LogP contribution in [0.15, 0.2) is 90.0 Å². The van der Waals surface area contributed by atoms with Crippen LogP contribution in [0.25, 0.3) is 44.5 Å². The molecule has 0 unspecified atom stereocenters. The van der Waals surface area contributed by atoms with Crippen molar-refractivity contribution in [2.45, 2.75) is 6.92 Å². The van der Waals surface area contributed by atoms with Crippen LogP contribution >= 0.6 is 0 Å². The van der Waals surface area contributed by atoms with E-state index < -0.39 is 0 Å². The molecule has 4 aromatic carbocycles. The first-order chi connectivity index (χ1) is 18.1. The van der Waals surface area contributed by atoms with E-state index in [2.05, 4.69) is 48.5 Å². The van der Waals surface area contributed by atoms with Gasteiger partial charge in [0.25, 0.3) is 0 Å². The quantitative estimate of drug-likeness (QED) is 0.236. The Labute approximate surface area is 214 Å². The molecule has 0 bridgehead atoms. The van der Waals surface area contributed by atoms with Crippen molar-refractivity contribution in [1.82, 2.24) is 0 Å². The van der Waals surface area contributed by atoms with E-state index in [4.69, 9.17) is 0 Å². The molecule has 4 aromatic rings. The minimum Gasteiger partial charge on any atom is -0.192 e. The standard InChI is InChI=1S/C33H16N4/c1-19-6-8-20(9-7-19)21-10-11-25-28-14-30-27(13-31(28)33(29(25)12-21)23(17-36)18-37)24-4-2-3-5-26(24)32(30)22(15-34)16-35/h2-14H,1H3. The van der Waals surface area contributed by atoms with Gasteiger partial charge in [-0.25, -0.2) is 0 Å². The van der Waals surface area contributed by atoms with Crippen LogP contribution in [0.1, 0.15) is 27.8 Å². The lowest BCUT2D eigenvalue weighted by atomic mass is 9.93. The van der Waals surface area contributed by atoms with E-state index in [1.54, 1.807) is 0 Å². The zero-order chi connectivity index (χ0) is 25.7. The summed E-state index contributed by atoms with van der Waals surface area (Å²) in [5.74, 6) is 0. The predicted octanol–water partition coefficient (Wildman–Crippen LogP) is 7.32. The molecule has 0 atom stereocenters. The molecule has 0 amide bonds. The molecule has 168 valence electrons. The summed E-state index contributed by atoms with van der Waals surface area (Å²) >= 11 is 0. The Hall–Kier alpha value is -5.68. The van der Waals surface area contributed by atoms with Gasteiger partial charge in [0.15, 0.2) is 0 Å². The second kappa shape index (κ2) is 8.22. The maximum atomic E-state index is 9.87. The summed E-state index contributed by atoms with van der Waals surface area (Å²) in [6.45, 7) is 2.04. The number of fused-ring (bicyclic) bond motifs is 6. The third kappa shape index (κ3) is 3.12. The molecule has 0 heterocycles. The summed E-state index contributed by atoms with van der Waals surface area (Å²) in [4.78, 5) is 0. The van der Waals surface area contributed by atoms with Gasteiger partial charge in [0, 0.05) is 11.1 Å². The number of hydrogen-bond donors (Lipinski definition) is 0. The Kier molecular flexibility index (Phi) is 4.85. The number of nitriles is 4. The van der Waals surface area contributed by atoms with E-state index in [0.29, 0.717) is 11.1 Å². The smallest absolute Gasteiger partial charge is 0.138 e. The van der Waals surface area contributed by atoms with E-state index >= 15 is 0 Å². The molecule has 2 aliphatic rings. The molecule has 6 rings (SSSR count). The van der Waals surface area contributed by atoms with Crippen molar-refractivity contribution in [2.24, 2.45) is 0 Å². The number of benzene rings is 4. The lowest BCUT2D eigenvalue weighted by molar-refractivity contribution is 1.45. The van der Waals surface area contributed by atoms with Crippen molar-refractivity contribution in [3.8, 4) is 57.7 Å². The van der Waals surface area contributed by atoms with Gasteiger partial charge >= 0.3 is 0 Å². The van der Waals surface area contributed by atoms with E-state index in [1.807, 2.05) is 61.5 Å². The Morgan fingerprint density at radius 3 is 1.49 bits per heavy atom. The van der Waals surface area contributed by atoms with Gasteiger partial charge in [-0.2, -0.15) is 21.0 Å². The first kappa shape index (κ1) is 21.8. The first-order valence-corrected chi connectivity index (χ1v) is 11.7. The molecule has 0 spiro atoms. The van der Waals surface area contributed by atoms with E-state index in [0.717, 1.165) is 55.6 Å². The maximum absolute atomic E-state index is 9.87. The molecule has 0 fully saturated rings. The Morgan fingerprint density at radius 1 is 0.459 bits per heavy atom. The van der Waals surface area contributed by atoms with Crippen LogP contribution in [0, 0.1) is 52.2 Å². The molecule has 4 heteroatoms. The van der Waals surface area contributed by atoms with Crippen LogP contribution in [0.3, 0.4) is 0 Å². The zero-order valence-electron chi connectivity index (χ0n) is 19.8. The van der Waals surface area contributed by atoms with Crippen LogP contribution in [0.4, 0.5) is 0 Å². The van der Waals surface area contributed by atoms with Gasteiger partial charge in [-0.1, -0.05) is 66.2 Å². The summed E-state index contributed by atoms with van der Waals surface area (Å²) < 4.78 is 0. The second-order valence-corrected chi connectivity index (χ2v) is 9.06. The summed E-state index contributed by atoms with van der Waals surface area (Å²) in [7, 11) is 0. The average Bonchev–Trinajstić information content (AvgIpc) is 3.42. The third-order valence-corrected chi connectivity index (χ3v) is 7.09. The third-order valence-electron chi connectivity index (χ3n) is 7.09. The van der Waals surface area contributed by atoms with Crippen molar-refractivity contribution in [2.75, 3.05) is 0 Å². The Balaban J connectivity index is 1.67. The number of allylic oxidation sites excluding steroid dienone is 2. The van der Waals surface area contributed by atoms with Gasteiger partial charge < -0.3 is 0 Å². The lowest BCUT2D eigenvalue weighted by Gasteiger charge is -2.08. The highest BCUT2D eigenvalue weighted by Gasteiger charge is 2.33. The van der Waals surface area contributed by atoms with Gasteiger partial charge in [-0.15, -0.1) is 0 Å². The van der Waals surface area contributed by atoms with Crippen molar-refractivity contribution in [3.05, 3.63) is 118 Å². The second-order valence-electron chi connectivity index (χ2n) is 9.06. The lowest BCUT2D eigenvalue weighted by Crippen LogP contribution is -1.90. The number of aryl methyl sites for hydroxylation is 1. The summed E-state index contributed by atoms with van der Waals surface area (Å²) in [5.41, 5.74) is 11.4. The van der Waals surface area contributed by atoms with Crippen LogP contribution in [-0.4, -0.2) is 0 Å². The largest absolute Gasteiger partial charge is 0.192 e. The monoisotopic (exact) mass is 468 g/mol. The van der Waals surface area contributed by atoms with Crippen molar-refractivity contribution < 1.29 is 0 Å². The summed E-state index contributed by atoms with van der Waals surface area (Å²) in [6, 6.07) is 34.4. The van der Waals surface area contributed by atoms with E-state index in [1.165, 1.54) is 5.56 Å². The Morgan fingerprint density at radius 2 is 0.919 bits per heavy atom. The van der Waals surface area contributed by atoms with Gasteiger partial charge in [-0.3, -0.25) is 0 Å². The van der Waals surface area contributed by atoms with E-state index in [-0.39, 0.29) is 11.1 Å². The van der Waals surface area contributed by atoms with Gasteiger partial charge in [0.1, 0.15) is 35.4 Å². The number of hydrogen-bond acceptors (Lipinski definition) is 4. The fraction of sp³-hybridized carbons (Fsp3) is 0.0303. The topological polar surface area (TPSA) is 95.2 Å². The molecule has 0 radical (unpaired) electrons. The molecule has 0 saturated heterocycles. The predicted molar refractivity (Wildman–Crippen MR) is 142 cm³/mol. The molecule has 0 saturated carbocycles. The molecule has 4 nitrogen and oxygen atoms in total. The summed E-state index contributed by atoms with van der Waals surface area (Å²) in [6.07, 6.45) is 0. The summed E-state index contributed by atoms with van der Waals surface area (Å²) in [5, 5.41) is 39.2. The van der Waals surface area contributed by atoms with Crippen LogP contribution in [0.5, 0.6) is 0 Å². The van der Waals surface area contributed by atoms with Crippen molar-refractivity contribution >= 4 is 11.1 Å². The fourth-order valence-electron chi connectivity index (χ4n) is 5.41. The minimum absolute atomic E-state index is 0.0535. The van der Waals surface area contributed by atoms with Crippen LogP contribution in [0.2, 0.25) is 0 Å². The highest BCUT2D eigenvalue weighted by atomic mass is 14.4. The first-order valence-electron chi connectivity index (χ1n) is 11.7. The molecule has 0 aliphatic heterocycles. The van der Waals surface area contributed by atoms with E-state index in [9.17, 15) is 21.0 Å². The molecule has 0 aromatic heterocycles. The van der Waals surface area contributed by atoms with Crippen molar-refractivity contribution in [1.29, 1.82) is 21.0 Å². The number of nitrogens with zero attached hydrogens (tertiary/aromatic N) is 4. The van der Waals surface area contributed by atoms with Crippen LogP contribution < -0.4 is 0 Å². The molecule has 0 N–H and O–H groups in total. The van der Waals surface area contributed by atoms with Gasteiger partial charge in [0.05, 0.1) is 0 Å². The molecular formula is C33H16N4. The average molecular weight is 469 g/mol. The van der Waals surface area contributed by atoms with Gasteiger partial charge in [-0.05, 0) is 80.8 Å². The molecule has 37 heavy (non-hydrogen) atoms. The highest BCUT2D eigenvalue weighted by Crippen LogP contribution is 2.53. The minimum atomic E-state index is 0.0535. The fourth-order valence-corrected chi connectivity index (χ4v) is 5.41. The van der Waals surface area contributed by atoms with Gasteiger partial charge in [0.2, 0.25) is 0 Å². The SMILES string of the molecule is Cc1ccc(-c2ccc3c(c2)C(=C(C#N)C#N)c2cc4c(cc2-3)C(=C(C#N)C#N)c2ccccc2-4)cc1. The van der Waals surface area contributed by atoms with Crippen LogP contribution in [-0.2, 0) is 0 Å². The van der Waals surface area contributed by atoms with Crippen molar-refractivity contribution in [3.63, 3.8) is 0 Å². The Bertz CT molecular complexity index is 1880. The number of rotatable bonds is 1. The normalized spacial score (nSPS) is 11.7. The molecular weight excluding hydrogens is 452 g/mol. The highest BCUT2D eigenvalue weighted by molar-refractivity contribution is 6.11. The maximum Gasteiger partial charge on any atom is 0.138 e.